The molecule has 1 aromatic heterocycles. The minimum absolute atomic E-state index is 0.0979. The maximum atomic E-state index is 9.29. The molecule has 0 aliphatic carbocycles. The maximum Gasteiger partial charge on any atom is 0.129 e. The van der Waals surface area contributed by atoms with E-state index in [1.807, 2.05) is 26.8 Å². The number of halogens is 1. The summed E-state index contributed by atoms with van der Waals surface area (Å²) < 4.78 is 0.966. The lowest BCUT2D eigenvalue weighted by atomic mass is 10.00. The zero-order valence-electron chi connectivity index (χ0n) is 9.34. The van der Waals surface area contributed by atoms with Crippen molar-refractivity contribution in [3.63, 3.8) is 0 Å². The Hall–Kier alpha value is -0.610. The average molecular weight is 273 g/mol. The molecule has 0 fully saturated rings. The number of nitrogens with one attached hydrogen (secondary N) is 1. The van der Waals surface area contributed by atoms with E-state index in [-0.39, 0.29) is 12.1 Å². The minimum atomic E-state index is -0.300. The third kappa shape index (κ3) is 3.18. The van der Waals surface area contributed by atoms with Crippen molar-refractivity contribution in [3.8, 4) is 0 Å². The lowest BCUT2D eigenvalue weighted by Crippen LogP contribution is -2.38. The molecule has 0 saturated heterocycles. The Bertz CT molecular complexity index is 337. The second-order valence-electron chi connectivity index (χ2n) is 4.02. The van der Waals surface area contributed by atoms with Gasteiger partial charge in [0, 0.05) is 10.7 Å². The first-order valence-corrected chi connectivity index (χ1v) is 5.81. The Morgan fingerprint density at radius 1 is 1.60 bits per heavy atom. The van der Waals surface area contributed by atoms with Crippen LogP contribution >= 0.6 is 15.9 Å². The van der Waals surface area contributed by atoms with Crippen LogP contribution in [0.25, 0.3) is 0 Å². The van der Waals surface area contributed by atoms with Crippen molar-refractivity contribution in [1.82, 2.24) is 4.98 Å². The van der Waals surface area contributed by atoms with Crippen LogP contribution in [0.3, 0.4) is 0 Å². The Morgan fingerprint density at radius 3 is 2.73 bits per heavy atom. The summed E-state index contributed by atoms with van der Waals surface area (Å²) in [7, 11) is 0. The van der Waals surface area contributed by atoms with Gasteiger partial charge in [0.05, 0.1) is 12.1 Å². The number of aliphatic hydroxyl groups excluding tert-OH is 1. The molecule has 15 heavy (non-hydrogen) atoms. The molecule has 0 spiro atoms. The highest BCUT2D eigenvalue weighted by Gasteiger charge is 2.21. The summed E-state index contributed by atoms with van der Waals surface area (Å²) in [6.07, 6.45) is 2.60. The Kier molecular flexibility index (Phi) is 4.11. The molecule has 0 aromatic carbocycles. The van der Waals surface area contributed by atoms with Crippen LogP contribution in [0.15, 0.2) is 16.7 Å². The number of aliphatic hydroxyl groups is 1. The smallest absolute Gasteiger partial charge is 0.129 e. The van der Waals surface area contributed by atoms with Crippen molar-refractivity contribution in [2.24, 2.45) is 0 Å². The Balaban J connectivity index is 2.89. The second-order valence-corrected chi connectivity index (χ2v) is 4.93. The number of hydrogen-bond donors (Lipinski definition) is 2. The number of rotatable bonds is 4. The van der Waals surface area contributed by atoms with Crippen molar-refractivity contribution in [2.45, 2.75) is 32.7 Å². The Labute approximate surface area is 99.1 Å². The maximum absolute atomic E-state index is 9.29. The molecular weight excluding hydrogens is 256 g/mol. The van der Waals surface area contributed by atoms with E-state index in [1.165, 1.54) is 0 Å². The molecule has 84 valence electrons. The van der Waals surface area contributed by atoms with E-state index in [4.69, 9.17) is 0 Å². The Morgan fingerprint density at radius 2 is 2.27 bits per heavy atom. The lowest BCUT2D eigenvalue weighted by Gasteiger charge is -2.28. The summed E-state index contributed by atoms with van der Waals surface area (Å²) in [6.45, 7) is 6.11. The van der Waals surface area contributed by atoms with Gasteiger partial charge in [-0.25, -0.2) is 4.98 Å². The number of aromatic nitrogens is 1. The molecule has 1 unspecified atom stereocenters. The fourth-order valence-electron chi connectivity index (χ4n) is 1.20. The molecule has 0 saturated carbocycles. The number of nitrogens with zero attached hydrogens (tertiary/aromatic N) is 1. The standard InChI is InChI=1S/C11H17BrN2O/c1-4-11(3,7-15)14-10-8(2)5-9(12)6-13-10/h5-6,15H,4,7H2,1-3H3,(H,13,14). The fraction of sp³-hybridized carbons (Fsp3) is 0.545. The first-order valence-electron chi connectivity index (χ1n) is 5.02. The number of anilines is 1. The highest BCUT2D eigenvalue weighted by molar-refractivity contribution is 9.10. The van der Waals surface area contributed by atoms with Gasteiger partial charge in [-0.1, -0.05) is 6.92 Å². The average Bonchev–Trinajstić information content (AvgIpc) is 2.22. The monoisotopic (exact) mass is 272 g/mol. The van der Waals surface area contributed by atoms with Crippen LogP contribution < -0.4 is 5.32 Å². The molecule has 0 aliphatic rings. The molecule has 1 atom stereocenters. The van der Waals surface area contributed by atoms with E-state index < -0.39 is 0 Å². The molecular formula is C11H17BrN2O. The van der Waals surface area contributed by atoms with Gasteiger partial charge in [0.15, 0.2) is 0 Å². The summed E-state index contributed by atoms with van der Waals surface area (Å²) in [5.41, 5.74) is 0.767. The third-order valence-corrected chi connectivity index (χ3v) is 3.03. The van der Waals surface area contributed by atoms with Gasteiger partial charge in [-0.15, -0.1) is 0 Å². The van der Waals surface area contributed by atoms with E-state index in [9.17, 15) is 5.11 Å². The third-order valence-electron chi connectivity index (χ3n) is 2.59. The molecule has 1 heterocycles. The van der Waals surface area contributed by atoms with E-state index >= 15 is 0 Å². The SMILES string of the molecule is CCC(C)(CO)Nc1ncc(Br)cc1C. The van der Waals surface area contributed by atoms with Gasteiger partial charge in [-0.2, -0.15) is 0 Å². The van der Waals surface area contributed by atoms with Crippen LogP contribution in [-0.4, -0.2) is 22.2 Å². The van der Waals surface area contributed by atoms with Crippen molar-refractivity contribution >= 4 is 21.7 Å². The predicted molar refractivity (Wildman–Crippen MR) is 66.1 cm³/mol. The van der Waals surface area contributed by atoms with E-state index in [1.54, 1.807) is 6.20 Å². The zero-order valence-corrected chi connectivity index (χ0v) is 10.9. The number of aryl methyl sites for hydroxylation is 1. The van der Waals surface area contributed by atoms with Crippen LogP contribution in [0.1, 0.15) is 25.8 Å². The van der Waals surface area contributed by atoms with E-state index in [2.05, 4.69) is 26.2 Å². The topological polar surface area (TPSA) is 45.1 Å². The first-order chi connectivity index (χ1) is 7.00. The molecule has 0 amide bonds. The molecule has 0 aliphatic heterocycles. The van der Waals surface area contributed by atoms with Crippen molar-refractivity contribution < 1.29 is 5.11 Å². The van der Waals surface area contributed by atoms with Crippen LogP contribution in [0.4, 0.5) is 5.82 Å². The van der Waals surface area contributed by atoms with Crippen LogP contribution in [0, 0.1) is 6.92 Å². The molecule has 3 nitrogen and oxygen atoms in total. The van der Waals surface area contributed by atoms with Crippen LogP contribution in [0.5, 0.6) is 0 Å². The van der Waals surface area contributed by atoms with E-state index in [0.29, 0.717) is 0 Å². The molecule has 1 aromatic rings. The van der Waals surface area contributed by atoms with Gasteiger partial charge in [0.2, 0.25) is 0 Å². The predicted octanol–water partition coefficient (Wildman–Crippen LogP) is 2.73. The largest absolute Gasteiger partial charge is 0.394 e. The first kappa shape index (κ1) is 12.5. The molecule has 1 rings (SSSR count). The summed E-state index contributed by atoms with van der Waals surface area (Å²) in [4.78, 5) is 4.29. The van der Waals surface area contributed by atoms with Gasteiger partial charge in [0.1, 0.15) is 5.82 Å². The quantitative estimate of drug-likeness (QED) is 0.886. The summed E-state index contributed by atoms with van der Waals surface area (Å²) in [5.74, 6) is 0.830. The molecule has 2 N–H and O–H groups in total. The van der Waals surface area contributed by atoms with Crippen LogP contribution in [0.2, 0.25) is 0 Å². The van der Waals surface area contributed by atoms with Gasteiger partial charge in [0.25, 0.3) is 0 Å². The van der Waals surface area contributed by atoms with Gasteiger partial charge < -0.3 is 10.4 Å². The van der Waals surface area contributed by atoms with Gasteiger partial charge >= 0.3 is 0 Å². The summed E-state index contributed by atoms with van der Waals surface area (Å²) in [5, 5.41) is 12.6. The second kappa shape index (κ2) is 4.94. The highest BCUT2D eigenvalue weighted by Crippen LogP contribution is 2.21. The number of pyridine rings is 1. The summed E-state index contributed by atoms with van der Waals surface area (Å²) in [6, 6.07) is 2.00. The molecule has 0 radical (unpaired) electrons. The fourth-order valence-corrected chi connectivity index (χ4v) is 1.64. The summed E-state index contributed by atoms with van der Waals surface area (Å²) >= 11 is 3.37. The van der Waals surface area contributed by atoms with Crippen molar-refractivity contribution in [1.29, 1.82) is 0 Å². The highest BCUT2D eigenvalue weighted by atomic mass is 79.9. The normalized spacial score (nSPS) is 14.7. The lowest BCUT2D eigenvalue weighted by molar-refractivity contribution is 0.218. The van der Waals surface area contributed by atoms with Crippen LogP contribution in [-0.2, 0) is 0 Å². The van der Waals surface area contributed by atoms with E-state index in [0.717, 1.165) is 22.3 Å². The van der Waals surface area contributed by atoms with Crippen molar-refractivity contribution in [2.75, 3.05) is 11.9 Å². The van der Waals surface area contributed by atoms with Crippen molar-refractivity contribution in [3.05, 3.63) is 22.3 Å². The number of hydrogen-bond acceptors (Lipinski definition) is 3. The van der Waals surface area contributed by atoms with Gasteiger partial charge in [-0.3, -0.25) is 0 Å². The minimum Gasteiger partial charge on any atom is -0.394 e. The van der Waals surface area contributed by atoms with Gasteiger partial charge in [-0.05, 0) is 47.8 Å². The molecule has 4 heteroatoms. The zero-order chi connectivity index (χ0) is 11.5. The molecule has 0 bridgehead atoms.